The van der Waals surface area contributed by atoms with Gasteiger partial charge in [-0.1, -0.05) is 42.5 Å². The summed E-state index contributed by atoms with van der Waals surface area (Å²) in [6.45, 7) is 0.797. The zero-order chi connectivity index (χ0) is 19.3. The molecule has 2 heterocycles. The lowest BCUT2D eigenvalue weighted by Gasteiger charge is -2.14. The maximum Gasteiger partial charge on any atom is 0.0748 e. The van der Waals surface area contributed by atoms with Crippen molar-refractivity contribution < 1.29 is 0 Å². The number of allylic oxidation sites excluding steroid dienone is 1. The molecule has 0 atom stereocenters. The van der Waals surface area contributed by atoms with Crippen molar-refractivity contribution in [1.29, 1.82) is 0 Å². The van der Waals surface area contributed by atoms with E-state index in [1.54, 1.807) is 0 Å². The van der Waals surface area contributed by atoms with E-state index in [0.717, 1.165) is 35.7 Å². The van der Waals surface area contributed by atoms with Gasteiger partial charge < -0.3 is 5.32 Å². The molecule has 0 saturated heterocycles. The Morgan fingerprint density at radius 3 is 2.36 bits per heavy atom. The smallest absolute Gasteiger partial charge is 0.0748 e. The van der Waals surface area contributed by atoms with Gasteiger partial charge in [-0.2, -0.15) is 0 Å². The Hall–Kier alpha value is -3.24. The van der Waals surface area contributed by atoms with E-state index in [2.05, 4.69) is 77.8 Å². The Bertz CT molecular complexity index is 1010. The predicted octanol–water partition coefficient (Wildman–Crippen LogP) is 4.77. The normalized spacial score (nSPS) is 13.8. The lowest BCUT2D eigenvalue weighted by molar-refractivity contribution is 0.440. The summed E-state index contributed by atoms with van der Waals surface area (Å²) in [7, 11) is 4.11. The molecule has 0 bridgehead atoms. The van der Waals surface area contributed by atoms with Gasteiger partial charge in [0.25, 0.3) is 0 Å². The molecule has 0 spiro atoms. The maximum absolute atomic E-state index is 5.03. The summed E-state index contributed by atoms with van der Waals surface area (Å²) in [6.07, 6.45) is 4.47. The van der Waals surface area contributed by atoms with Gasteiger partial charge in [-0.25, -0.2) is 0 Å². The van der Waals surface area contributed by atoms with Crippen molar-refractivity contribution in [2.24, 2.45) is 4.99 Å². The fourth-order valence-electron chi connectivity index (χ4n) is 3.34. The Morgan fingerprint density at radius 1 is 0.857 bits per heavy atom. The lowest BCUT2D eigenvalue weighted by atomic mass is 9.96. The SMILES string of the molecule is CN(C)CNc1cccc(C2=C(c3ccncc3)N=C(c3ccccc3)C2)c1. The van der Waals surface area contributed by atoms with Gasteiger partial charge in [-0.05, 0) is 55.1 Å². The molecule has 0 saturated carbocycles. The van der Waals surface area contributed by atoms with Crippen LogP contribution >= 0.6 is 0 Å². The van der Waals surface area contributed by atoms with Gasteiger partial charge in [-0.3, -0.25) is 14.9 Å². The van der Waals surface area contributed by atoms with Gasteiger partial charge in [0.05, 0.1) is 18.1 Å². The lowest BCUT2D eigenvalue weighted by Crippen LogP contribution is -2.20. The van der Waals surface area contributed by atoms with E-state index in [1.165, 1.54) is 16.7 Å². The zero-order valence-electron chi connectivity index (χ0n) is 16.3. The summed E-state index contributed by atoms with van der Waals surface area (Å²) >= 11 is 0. The van der Waals surface area contributed by atoms with E-state index in [0.29, 0.717) is 0 Å². The first-order chi connectivity index (χ1) is 13.7. The third-order valence-electron chi connectivity index (χ3n) is 4.75. The molecule has 1 aliphatic heterocycles. The number of nitrogens with zero attached hydrogens (tertiary/aromatic N) is 3. The molecule has 4 nitrogen and oxygen atoms in total. The van der Waals surface area contributed by atoms with E-state index in [9.17, 15) is 0 Å². The van der Waals surface area contributed by atoms with Crippen LogP contribution in [-0.4, -0.2) is 36.4 Å². The highest BCUT2D eigenvalue weighted by Gasteiger charge is 2.21. The standard InChI is InChI=1S/C24H24N4/c1-28(2)17-26-21-10-6-9-20(15-21)22-16-23(18-7-4-3-5-8-18)27-24(22)19-11-13-25-14-12-19/h3-15,26H,16-17H2,1-2H3. The second-order valence-corrected chi connectivity index (χ2v) is 7.16. The van der Waals surface area contributed by atoms with Crippen molar-refractivity contribution >= 4 is 22.7 Å². The summed E-state index contributed by atoms with van der Waals surface area (Å²) in [4.78, 5) is 11.3. The zero-order valence-corrected chi connectivity index (χ0v) is 16.3. The highest BCUT2D eigenvalue weighted by atomic mass is 15.2. The molecule has 4 heteroatoms. The van der Waals surface area contributed by atoms with Crippen LogP contribution in [0.25, 0.3) is 11.3 Å². The largest absolute Gasteiger partial charge is 0.372 e. The third kappa shape index (κ3) is 4.02. The first-order valence-electron chi connectivity index (χ1n) is 9.46. The molecular weight excluding hydrogens is 344 g/mol. The van der Waals surface area contributed by atoms with Crippen LogP contribution in [-0.2, 0) is 0 Å². The summed E-state index contributed by atoms with van der Waals surface area (Å²) < 4.78 is 0. The second-order valence-electron chi connectivity index (χ2n) is 7.16. The minimum Gasteiger partial charge on any atom is -0.372 e. The second kappa shape index (κ2) is 8.19. The van der Waals surface area contributed by atoms with Gasteiger partial charge in [-0.15, -0.1) is 0 Å². The van der Waals surface area contributed by atoms with E-state index in [1.807, 2.05) is 30.6 Å². The van der Waals surface area contributed by atoms with Crippen molar-refractivity contribution in [2.75, 3.05) is 26.1 Å². The number of hydrogen-bond acceptors (Lipinski definition) is 4. The topological polar surface area (TPSA) is 40.5 Å². The predicted molar refractivity (Wildman–Crippen MR) is 117 cm³/mol. The number of anilines is 1. The fraction of sp³-hybridized carbons (Fsp3) is 0.167. The average Bonchev–Trinajstić information content (AvgIpc) is 3.19. The van der Waals surface area contributed by atoms with Crippen molar-refractivity contribution in [2.45, 2.75) is 6.42 Å². The number of pyridine rings is 1. The number of aliphatic imine (C=N–C) groups is 1. The van der Waals surface area contributed by atoms with Crippen LogP contribution in [0.5, 0.6) is 0 Å². The van der Waals surface area contributed by atoms with Gasteiger partial charge >= 0.3 is 0 Å². The monoisotopic (exact) mass is 368 g/mol. The molecule has 0 radical (unpaired) electrons. The van der Waals surface area contributed by atoms with E-state index >= 15 is 0 Å². The van der Waals surface area contributed by atoms with Gasteiger partial charge in [0, 0.05) is 30.1 Å². The summed E-state index contributed by atoms with van der Waals surface area (Å²) in [5.74, 6) is 0. The van der Waals surface area contributed by atoms with Crippen LogP contribution < -0.4 is 5.32 Å². The van der Waals surface area contributed by atoms with E-state index in [4.69, 9.17) is 4.99 Å². The van der Waals surface area contributed by atoms with Crippen LogP contribution in [0.2, 0.25) is 0 Å². The Kier molecular flexibility index (Phi) is 5.31. The molecule has 1 N–H and O–H groups in total. The molecule has 0 unspecified atom stereocenters. The minimum atomic E-state index is 0.797. The number of hydrogen-bond donors (Lipinski definition) is 1. The molecule has 0 fully saturated rings. The van der Waals surface area contributed by atoms with Crippen molar-refractivity contribution in [1.82, 2.24) is 9.88 Å². The highest BCUT2D eigenvalue weighted by Crippen LogP contribution is 2.37. The number of aromatic nitrogens is 1. The van der Waals surface area contributed by atoms with E-state index < -0.39 is 0 Å². The fourth-order valence-corrected chi connectivity index (χ4v) is 3.34. The van der Waals surface area contributed by atoms with Gasteiger partial charge in [0.15, 0.2) is 0 Å². The third-order valence-corrected chi connectivity index (χ3v) is 4.75. The van der Waals surface area contributed by atoms with Gasteiger partial charge in [0.1, 0.15) is 0 Å². The van der Waals surface area contributed by atoms with Crippen LogP contribution in [0.4, 0.5) is 5.69 Å². The number of benzene rings is 2. The van der Waals surface area contributed by atoms with Crippen LogP contribution in [0, 0.1) is 0 Å². The molecule has 4 rings (SSSR count). The number of nitrogens with one attached hydrogen (secondary N) is 1. The Balaban J connectivity index is 1.72. The van der Waals surface area contributed by atoms with Crippen LogP contribution in [0.3, 0.4) is 0 Å². The van der Waals surface area contributed by atoms with Gasteiger partial charge in [0.2, 0.25) is 0 Å². The van der Waals surface area contributed by atoms with Crippen molar-refractivity contribution in [3.63, 3.8) is 0 Å². The van der Waals surface area contributed by atoms with Crippen molar-refractivity contribution in [3.05, 3.63) is 95.8 Å². The molecular formula is C24H24N4. The first-order valence-corrected chi connectivity index (χ1v) is 9.46. The molecule has 3 aromatic rings. The van der Waals surface area contributed by atoms with Crippen molar-refractivity contribution in [3.8, 4) is 0 Å². The van der Waals surface area contributed by atoms with Crippen LogP contribution in [0.15, 0.2) is 84.1 Å². The van der Waals surface area contributed by atoms with Crippen LogP contribution in [0.1, 0.15) is 23.1 Å². The first kappa shape index (κ1) is 18.1. The highest BCUT2D eigenvalue weighted by molar-refractivity contribution is 6.16. The molecule has 1 aromatic heterocycles. The molecule has 1 aliphatic rings. The molecule has 140 valence electrons. The summed E-state index contributed by atoms with van der Waals surface area (Å²) in [5.41, 5.74) is 7.97. The Labute approximate surface area is 166 Å². The maximum atomic E-state index is 5.03. The summed E-state index contributed by atoms with van der Waals surface area (Å²) in [6, 6.07) is 23.1. The molecule has 2 aromatic carbocycles. The molecule has 28 heavy (non-hydrogen) atoms. The number of rotatable bonds is 6. The average molecular weight is 368 g/mol. The quantitative estimate of drug-likeness (QED) is 0.637. The van der Waals surface area contributed by atoms with E-state index in [-0.39, 0.29) is 0 Å². The minimum absolute atomic E-state index is 0.797. The Morgan fingerprint density at radius 2 is 1.61 bits per heavy atom. The summed E-state index contributed by atoms with van der Waals surface area (Å²) in [5, 5.41) is 3.46. The molecule has 0 amide bonds. The molecule has 0 aliphatic carbocycles.